The number of morpholine rings is 1. The molecular weight excluding hydrogens is 486 g/mol. The fourth-order valence-electron chi connectivity index (χ4n) is 4.74. The zero-order valence-electron chi connectivity index (χ0n) is 19.8. The van der Waals surface area contributed by atoms with E-state index in [0.717, 1.165) is 22.6 Å². The summed E-state index contributed by atoms with van der Waals surface area (Å²) in [5, 5.41) is 0.664. The normalized spacial score (nSPS) is 17.9. The second kappa shape index (κ2) is 8.95. The highest BCUT2D eigenvalue weighted by Gasteiger charge is 2.33. The molecule has 9 heteroatoms. The van der Waals surface area contributed by atoms with Crippen LogP contribution in [-0.2, 0) is 19.6 Å². The van der Waals surface area contributed by atoms with Crippen molar-refractivity contribution in [1.82, 2.24) is 8.87 Å². The lowest BCUT2D eigenvalue weighted by atomic mass is 10.0. The number of anilines is 1. The molecule has 0 N–H and O–H groups in total. The smallest absolute Gasteiger partial charge is 0.258 e. The summed E-state index contributed by atoms with van der Waals surface area (Å²) >= 11 is 6.06. The van der Waals surface area contributed by atoms with Gasteiger partial charge in [-0.2, -0.15) is 4.31 Å². The number of hydrogen-bond acceptors (Lipinski definition) is 4. The second-order valence-electron chi connectivity index (χ2n) is 8.76. The molecule has 1 aromatic heterocycles. The Kier molecular flexibility index (Phi) is 6.09. The summed E-state index contributed by atoms with van der Waals surface area (Å²) in [6.45, 7) is 5.39. The summed E-state index contributed by atoms with van der Waals surface area (Å²) in [4.78, 5) is 14.9. The number of rotatable bonds is 4. The summed E-state index contributed by atoms with van der Waals surface area (Å²) in [7, 11) is -1.98. The van der Waals surface area contributed by atoms with Gasteiger partial charge in [-0.15, -0.1) is 0 Å². The Morgan fingerprint density at radius 2 is 1.69 bits per heavy atom. The van der Waals surface area contributed by atoms with Crippen molar-refractivity contribution < 1.29 is 17.9 Å². The molecule has 0 aliphatic carbocycles. The van der Waals surface area contributed by atoms with Gasteiger partial charge in [-0.25, -0.2) is 8.42 Å². The molecular formula is C26H26ClN3O4S. The maximum absolute atomic E-state index is 13.2. The maximum atomic E-state index is 13.2. The predicted molar refractivity (Wildman–Crippen MR) is 138 cm³/mol. The van der Waals surface area contributed by atoms with Gasteiger partial charge in [-0.3, -0.25) is 4.79 Å². The Labute approximate surface area is 210 Å². The molecule has 0 radical (unpaired) electrons. The molecule has 0 unspecified atom stereocenters. The van der Waals surface area contributed by atoms with Crippen molar-refractivity contribution in [3.05, 3.63) is 76.1 Å². The molecule has 0 spiro atoms. The van der Waals surface area contributed by atoms with Crippen LogP contribution in [-0.4, -0.2) is 56.5 Å². The molecule has 0 atom stereocenters. The van der Waals surface area contributed by atoms with Crippen molar-refractivity contribution >= 4 is 44.9 Å². The van der Waals surface area contributed by atoms with Gasteiger partial charge in [0.1, 0.15) is 0 Å². The molecule has 2 aromatic carbocycles. The molecule has 2 aliphatic rings. The van der Waals surface area contributed by atoms with Gasteiger partial charge in [-0.05, 0) is 74.0 Å². The molecule has 2 aliphatic heterocycles. The van der Waals surface area contributed by atoms with E-state index in [-0.39, 0.29) is 10.8 Å². The number of likely N-dealkylation sites (N-methyl/N-ethyl adjacent to an activating group) is 1. The van der Waals surface area contributed by atoms with Crippen molar-refractivity contribution in [3.63, 3.8) is 0 Å². The fourth-order valence-corrected chi connectivity index (χ4v) is 6.30. The zero-order chi connectivity index (χ0) is 24.9. The molecule has 0 saturated carbocycles. The van der Waals surface area contributed by atoms with Crippen LogP contribution in [0, 0.1) is 13.8 Å². The van der Waals surface area contributed by atoms with Crippen molar-refractivity contribution in [1.29, 1.82) is 0 Å². The van der Waals surface area contributed by atoms with Crippen LogP contribution >= 0.6 is 11.6 Å². The van der Waals surface area contributed by atoms with Gasteiger partial charge in [0.25, 0.3) is 5.91 Å². The molecule has 1 fully saturated rings. The maximum Gasteiger partial charge on any atom is 0.258 e. The van der Waals surface area contributed by atoms with E-state index in [4.69, 9.17) is 16.3 Å². The monoisotopic (exact) mass is 511 g/mol. The van der Waals surface area contributed by atoms with E-state index in [1.54, 1.807) is 30.1 Å². The van der Waals surface area contributed by atoms with Crippen LogP contribution in [0.25, 0.3) is 17.3 Å². The van der Waals surface area contributed by atoms with Gasteiger partial charge in [0.05, 0.1) is 23.8 Å². The number of carbonyl (C=O) groups excluding carboxylic acids is 1. The van der Waals surface area contributed by atoms with Crippen LogP contribution in [0.5, 0.6) is 0 Å². The number of fused-ring (bicyclic) bond motifs is 1. The number of amides is 1. The molecule has 5 rings (SSSR count). The molecule has 7 nitrogen and oxygen atoms in total. The van der Waals surface area contributed by atoms with Gasteiger partial charge in [0.15, 0.2) is 0 Å². The molecule has 1 amide bonds. The lowest BCUT2D eigenvalue weighted by Crippen LogP contribution is -2.40. The Balaban J connectivity index is 1.58. The van der Waals surface area contributed by atoms with E-state index in [1.165, 1.54) is 4.31 Å². The summed E-state index contributed by atoms with van der Waals surface area (Å²) in [5.74, 6) is -0.169. The van der Waals surface area contributed by atoms with Crippen molar-refractivity contribution in [2.24, 2.45) is 0 Å². The SMILES string of the molecule is Cc1cc(C=C2C(=O)N(C)c3ccc(S(=O)(=O)N4CCOCC4)cc32)c(C)n1-c1ccc(Cl)cc1. The third-order valence-electron chi connectivity index (χ3n) is 6.62. The Bertz CT molecular complexity index is 1450. The highest BCUT2D eigenvalue weighted by molar-refractivity contribution is 7.89. The van der Waals surface area contributed by atoms with Gasteiger partial charge in [-0.1, -0.05) is 11.6 Å². The number of benzene rings is 2. The standard InChI is InChI=1S/C26H26ClN3O4S/c1-17-14-19(18(2)30(17)21-6-4-20(27)5-7-21)15-24-23-16-22(8-9-25(23)28(3)26(24)31)35(32,33)29-10-12-34-13-11-29/h4-9,14-16H,10-13H2,1-3H3. The highest BCUT2D eigenvalue weighted by Crippen LogP contribution is 2.39. The third kappa shape index (κ3) is 4.10. The molecule has 0 bridgehead atoms. The molecule has 35 heavy (non-hydrogen) atoms. The quantitative estimate of drug-likeness (QED) is 0.490. The first-order valence-electron chi connectivity index (χ1n) is 11.4. The molecule has 182 valence electrons. The molecule has 3 aromatic rings. The van der Waals surface area contributed by atoms with Crippen LogP contribution in [0.2, 0.25) is 5.02 Å². The lowest BCUT2D eigenvalue weighted by Gasteiger charge is -2.26. The summed E-state index contributed by atoms with van der Waals surface area (Å²) in [5.41, 5.74) is 5.62. The third-order valence-corrected chi connectivity index (χ3v) is 8.76. The first-order valence-corrected chi connectivity index (χ1v) is 13.2. The average Bonchev–Trinajstić information content (AvgIpc) is 3.27. The van der Waals surface area contributed by atoms with Crippen molar-refractivity contribution in [3.8, 4) is 5.69 Å². The number of sulfonamides is 1. The molecule has 1 saturated heterocycles. The highest BCUT2D eigenvalue weighted by atomic mass is 35.5. The van der Waals surface area contributed by atoms with Gasteiger partial charge in [0.2, 0.25) is 10.0 Å². The zero-order valence-corrected chi connectivity index (χ0v) is 21.4. The van der Waals surface area contributed by atoms with Crippen LogP contribution < -0.4 is 4.90 Å². The minimum absolute atomic E-state index is 0.169. The summed E-state index contributed by atoms with van der Waals surface area (Å²) in [6, 6.07) is 14.5. The number of ether oxygens (including phenoxy) is 1. The fraction of sp³-hybridized carbons (Fsp3) is 0.269. The molecule has 3 heterocycles. The summed E-state index contributed by atoms with van der Waals surface area (Å²) in [6.07, 6.45) is 1.85. The largest absolute Gasteiger partial charge is 0.379 e. The minimum Gasteiger partial charge on any atom is -0.379 e. The van der Waals surface area contributed by atoms with E-state index in [0.29, 0.717) is 48.1 Å². The van der Waals surface area contributed by atoms with E-state index in [9.17, 15) is 13.2 Å². The first kappa shape index (κ1) is 23.8. The number of halogens is 1. The summed E-state index contributed by atoms with van der Waals surface area (Å²) < 4.78 is 35.3. The van der Waals surface area contributed by atoms with Crippen molar-refractivity contribution in [2.45, 2.75) is 18.7 Å². The number of aryl methyl sites for hydroxylation is 1. The number of hydrogen-bond donors (Lipinski definition) is 0. The average molecular weight is 512 g/mol. The van der Waals surface area contributed by atoms with E-state index in [1.807, 2.05) is 50.3 Å². The Morgan fingerprint density at radius 3 is 2.37 bits per heavy atom. The van der Waals surface area contributed by atoms with E-state index >= 15 is 0 Å². The van der Waals surface area contributed by atoms with Crippen LogP contribution in [0.15, 0.2) is 53.4 Å². The van der Waals surface area contributed by atoms with Gasteiger partial charge < -0.3 is 14.2 Å². The first-order chi connectivity index (χ1) is 16.7. The minimum atomic E-state index is -3.68. The Hall–Kier alpha value is -2.91. The number of nitrogens with zero attached hydrogens (tertiary/aromatic N) is 3. The van der Waals surface area contributed by atoms with Crippen LogP contribution in [0.3, 0.4) is 0 Å². The lowest BCUT2D eigenvalue weighted by molar-refractivity contribution is -0.112. The topological polar surface area (TPSA) is 71.8 Å². The Morgan fingerprint density at radius 1 is 1.00 bits per heavy atom. The van der Waals surface area contributed by atoms with Crippen LogP contribution in [0.1, 0.15) is 22.5 Å². The van der Waals surface area contributed by atoms with Gasteiger partial charge in [0, 0.05) is 53.4 Å². The van der Waals surface area contributed by atoms with E-state index in [2.05, 4.69) is 4.57 Å². The van der Waals surface area contributed by atoms with Crippen molar-refractivity contribution in [2.75, 3.05) is 38.3 Å². The van der Waals surface area contributed by atoms with Gasteiger partial charge >= 0.3 is 0 Å². The second-order valence-corrected chi connectivity index (χ2v) is 11.1. The van der Waals surface area contributed by atoms with Crippen LogP contribution in [0.4, 0.5) is 5.69 Å². The number of aromatic nitrogens is 1. The van der Waals surface area contributed by atoms with E-state index < -0.39 is 10.0 Å². The predicted octanol–water partition coefficient (Wildman–Crippen LogP) is 4.29. The number of carbonyl (C=O) groups is 1.